The van der Waals surface area contributed by atoms with Crippen LogP contribution >= 0.6 is 0 Å². The second-order valence-electron chi connectivity index (χ2n) is 7.66. The summed E-state index contributed by atoms with van der Waals surface area (Å²) in [4.78, 5) is 32.9. The summed E-state index contributed by atoms with van der Waals surface area (Å²) in [6.45, 7) is 5.74. The van der Waals surface area contributed by atoms with Crippen LogP contribution in [0.3, 0.4) is 0 Å². The molecule has 1 aromatic heterocycles. The van der Waals surface area contributed by atoms with Crippen molar-refractivity contribution >= 4 is 16.8 Å². The van der Waals surface area contributed by atoms with Crippen molar-refractivity contribution in [2.24, 2.45) is 0 Å². The minimum absolute atomic E-state index is 0.135. The average Bonchev–Trinajstić information content (AvgIpc) is 2.75. The lowest BCUT2D eigenvalue weighted by atomic mass is 10.1. The van der Waals surface area contributed by atoms with Crippen molar-refractivity contribution in [1.29, 1.82) is 0 Å². The van der Waals surface area contributed by atoms with Gasteiger partial charge in [-0.1, -0.05) is 36.4 Å². The van der Waals surface area contributed by atoms with E-state index in [0.29, 0.717) is 11.9 Å². The topological polar surface area (TPSA) is 68.4 Å². The Morgan fingerprint density at radius 3 is 2.45 bits per heavy atom. The molecule has 0 spiro atoms. The number of nitrogens with one attached hydrogen (secondary N) is 2. The lowest BCUT2D eigenvalue weighted by Gasteiger charge is -2.32. The van der Waals surface area contributed by atoms with Crippen molar-refractivity contribution in [1.82, 2.24) is 20.1 Å². The zero-order chi connectivity index (χ0) is 20.2. The molecule has 1 aliphatic rings. The predicted molar refractivity (Wildman–Crippen MR) is 115 cm³/mol. The van der Waals surface area contributed by atoms with E-state index in [1.807, 2.05) is 24.3 Å². The molecule has 2 aromatic carbocycles. The van der Waals surface area contributed by atoms with Crippen molar-refractivity contribution in [3.63, 3.8) is 0 Å². The fourth-order valence-corrected chi connectivity index (χ4v) is 3.64. The van der Waals surface area contributed by atoms with Crippen molar-refractivity contribution in [3.05, 3.63) is 81.6 Å². The molecule has 1 saturated heterocycles. The minimum Gasteiger partial charge on any atom is -0.360 e. The Labute approximate surface area is 170 Å². The van der Waals surface area contributed by atoms with Crippen LogP contribution in [-0.2, 0) is 13.1 Å². The van der Waals surface area contributed by atoms with Crippen LogP contribution in [0.4, 0.5) is 0 Å². The molecule has 2 N–H and O–H groups in total. The number of aromatic nitrogens is 1. The largest absolute Gasteiger partial charge is 0.360 e. The van der Waals surface area contributed by atoms with Gasteiger partial charge in [-0.2, -0.15) is 0 Å². The van der Waals surface area contributed by atoms with Gasteiger partial charge in [0.1, 0.15) is 5.56 Å². The van der Waals surface area contributed by atoms with Gasteiger partial charge < -0.3 is 15.2 Å². The molecule has 0 aliphatic carbocycles. The van der Waals surface area contributed by atoms with Crippen LogP contribution in [-0.4, -0.2) is 53.9 Å². The molecule has 1 amide bonds. The van der Waals surface area contributed by atoms with Gasteiger partial charge >= 0.3 is 0 Å². The van der Waals surface area contributed by atoms with Gasteiger partial charge in [-0.25, -0.2) is 0 Å². The summed E-state index contributed by atoms with van der Waals surface area (Å²) in [5, 5.41) is 3.37. The molecule has 0 unspecified atom stereocenters. The Balaban J connectivity index is 1.36. The Kier molecular flexibility index (Phi) is 5.74. The molecule has 0 saturated carbocycles. The summed E-state index contributed by atoms with van der Waals surface area (Å²) < 4.78 is 0. The summed E-state index contributed by atoms with van der Waals surface area (Å²) in [7, 11) is 2.16. The van der Waals surface area contributed by atoms with Crippen LogP contribution < -0.4 is 10.7 Å². The summed E-state index contributed by atoms with van der Waals surface area (Å²) in [5.41, 5.74) is 2.90. The number of likely N-dealkylation sites (N-methyl/N-ethyl adjacent to an activating group) is 1. The Morgan fingerprint density at radius 2 is 1.69 bits per heavy atom. The number of para-hydroxylation sites is 1. The molecule has 29 heavy (non-hydrogen) atoms. The second-order valence-corrected chi connectivity index (χ2v) is 7.66. The number of hydrogen-bond donors (Lipinski definition) is 2. The third-order valence-corrected chi connectivity index (χ3v) is 5.51. The van der Waals surface area contributed by atoms with Crippen LogP contribution in [0.15, 0.2) is 59.5 Å². The highest BCUT2D eigenvalue weighted by atomic mass is 16.2. The fraction of sp³-hybridized carbons (Fsp3) is 0.304. The molecule has 1 fully saturated rings. The Hall–Kier alpha value is -2.96. The number of carbonyl (C=O) groups is 1. The van der Waals surface area contributed by atoms with Crippen molar-refractivity contribution in [3.8, 4) is 0 Å². The third-order valence-electron chi connectivity index (χ3n) is 5.51. The SMILES string of the molecule is CN1CCN(Cc2ccc(CNC(=O)c3c[nH]c4ccccc4c3=O)cc2)CC1. The number of pyridine rings is 1. The summed E-state index contributed by atoms with van der Waals surface area (Å²) in [5.74, 6) is -0.362. The fourth-order valence-electron chi connectivity index (χ4n) is 3.64. The number of amides is 1. The van der Waals surface area contributed by atoms with Gasteiger partial charge in [0, 0.05) is 56.4 Å². The normalized spacial score (nSPS) is 15.5. The zero-order valence-corrected chi connectivity index (χ0v) is 16.6. The van der Waals surface area contributed by atoms with E-state index in [0.717, 1.165) is 43.8 Å². The van der Waals surface area contributed by atoms with Gasteiger partial charge in [-0.3, -0.25) is 14.5 Å². The van der Waals surface area contributed by atoms with Crippen LogP contribution in [0, 0.1) is 0 Å². The molecular formula is C23H26N4O2. The zero-order valence-electron chi connectivity index (χ0n) is 16.6. The Bertz CT molecular complexity index is 1050. The molecule has 6 heteroatoms. The van der Waals surface area contributed by atoms with E-state index in [9.17, 15) is 9.59 Å². The van der Waals surface area contributed by atoms with E-state index >= 15 is 0 Å². The summed E-state index contributed by atoms with van der Waals surface area (Å²) in [6.07, 6.45) is 1.49. The minimum atomic E-state index is -0.362. The van der Waals surface area contributed by atoms with E-state index in [4.69, 9.17) is 0 Å². The highest BCUT2D eigenvalue weighted by Crippen LogP contribution is 2.10. The first-order valence-electron chi connectivity index (χ1n) is 9.97. The van der Waals surface area contributed by atoms with E-state index in [1.165, 1.54) is 11.8 Å². The monoisotopic (exact) mass is 390 g/mol. The molecule has 150 valence electrons. The molecule has 6 nitrogen and oxygen atoms in total. The number of aromatic amines is 1. The quantitative estimate of drug-likeness (QED) is 0.701. The van der Waals surface area contributed by atoms with E-state index in [-0.39, 0.29) is 16.9 Å². The maximum absolute atomic E-state index is 12.5. The van der Waals surface area contributed by atoms with Gasteiger partial charge in [0.15, 0.2) is 0 Å². The second kappa shape index (κ2) is 8.59. The lowest BCUT2D eigenvalue weighted by Crippen LogP contribution is -2.43. The summed E-state index contributed by atoms with van der Waals surface area (Å²) in [6, 6.07) is 15.5. The lowest BCUT2D eigenvalue weighted by molar-refractivity contribution is 0.0949. The average molecular weight is 390 g/mol. The predicted octanol–water partition coefficient (Wildman–Crippen LogP) is 2.21. The molecule has 1 aliphatic heterocycles. The number of piperazine rings is 1. The van der Waals surface area contributed by atoms with Gasteiger partial charge in [0.05, 0.1) is 0 Å². The number of rotatable bonds is 5. The van der Waals surface area contributed by atoms with Crippen LogP contribution in [0.5, 0.6) is 0 Å². The molecule has 4 rings (SSSR count). The molecule has 0 bridgehead atoms. The number of H-pyrrole nitrogens is 1. The Morgan fingerprint density at radius 1 is 1.00 bits per heavy atom. The molecular weight excluding hydrogens is 364 g/mol. The van der Waals surface area contributed by atoms with Crippen molar-refractivity contribution < 1.29 is 4.79 Å². The molecule has 0 radical (unpaired) electrons. The summed E-state index contributed by atoms with van der Waals surface area (Å²) >= 11 is 0. The highest BCUT2D eigenvalue weighted by molar-refractivity contribution is 5.97. The highest BCUT2D eigenvalue weighted by Gasteiger charge is 2.14. The molecule has 3 aromatic rings. The van der Waals surface area contributed by atoms with Crippen LogP contribution in [0.25, 0.3) is 10.9 Å². The van der Waals surface area contributed by atoms with Crippen LogP contribution in [0.2, 0.25) is 0 Å². The number of hydrogen-bond acceptors (Lipinski definition) is 4. The van der Waals surface area contributed by atoms with E-state index in [1.54, 1.807) is 12.1 Å². The van der Waals surface area contributed by atoms with E-state index in [2.05, 4.69) is 39.3 Å². The number of carbonyl (C=O) groups excluding carboxylic acids is 1. The maximum atomic E-state index is 12.5. The first-order chi connectivity index (χ1) is 14.1. The first kappa shape index (κ1) is 19.4. The smallest absolute Gasteiger partial charge is 0.257 e. The molecule has 2 heterocycles. The molecule has 0 atom stereocenters. The standard InChI is InChI=1S/C23H26N4O2/c1-26-10-12-27(13-11-26)16-18-8-6-17(7-9-18)14-25-23(29)20-15-24-21-5-3-2-4-19(21)22(20)28/h2-9,15H,10-14,16H2,1H3,(H,24,28)(H,25,29). The maximum Gasteiger partial charge on any atom is 0.257 e. The van der Waals surface area contributed by atoms with Gasteiger partial charge in [-0.05, 0) is 30.3 Å². The van der Waals surface area contributed by atoms with Gasteiger partial charge in [-0.15, -0.1) is 0 Å². The number of nitrogens with zero attached hydrogens (tertiary/aromatic N) is 2. The van der Waals surface area contributed by atoms with Crippen molar-refractivity contribution in [2.45, 2.75) is 13.1 Å². The van der Waals surface area contributed by atoms with Crippen molar-refractivity contribution in [2.75, 3.05) is 33.2 Å². The van der Waals surface area contributed by atoms with E-state index < -0.39 is 0 Å². The third kappa shape index (κ3) is 4.55. The number of fused-ring (bicyclic) bond motifs is 1. The first-order valence-corrected chi connectivity index (χ1v) is 9.97. The van der Waals surface area contributed by atoms with Gasteiger partial charge in [0.25, 0.3) is 5.91 Å². The van der Waals surface area contributed by atoms with Crippen LogP contribution in [0.1, 0.15) is 21.5 Å². The van der Waals surface area contributed by atoms with Gasteiger partial charge in [0.2, 0.25) is 5.43 Å². The number of benzene rings is 2.